The summed E-state index contributed by atoms with van der Waals surface area (Å²) in [7, 11) is 0. The number of allylic oxidation sites excluding steroid dienone is 2. The average molecular weight is 390 g/mol. The molecule has 1 aromatic heterocycles. The molecule has 0 spiro atoms. The van der Waals surface area contributed by atoms with Crippen molar-refractivity contribution < 1.29 is 24.5 Å². The van der Waals surface area contributed by atoms with Crippen LogP contribution in [0.2, 0.25) is 5.02 Å². The van der Waals surface area contributed by atoms with Crippen LogP contribution in [0.25, 0.3) is 0 Å². The maximum absolute atomic E-state index is 12.8. The molecule has 3 N–H and O–H groups in total. The molecule has 4 rings (SSSR count). The van der Waals surface area contributed by atoms with Crippen LogP contribution in [0.15, 0.2) is 36.0 Å². The second-order valence-electron chi connectivity index (χ2n) is 6.32. The maximum Gasteiger partial charge on any atom is 0.230 e. The van der Waals surface area contributed by atoms with Gasteiger partial charge in [-0.1, -0.05) is 17.7 Å². The molecule has 0 radical (unpaired) electrons. The molecule has 2 aliphatic rings. The number of halogens is 1. The Morgan fingerprint density at radius 2 is 2.22 bits per heavy atom. The Bertz CT molecular complexity index is 968. The first kappa shape index (κ1) is 17.9. The number of carbonyl (C=O) groups is 2. The number of nitrogens with one attached hydrogen (secondary N) is 1. The van der Waals surface area contributed by atoms with Crippen molar-refractivity contribution >= 4 is 28.9 Å². The van der Waals surface area contributed by atoms with Gasteiger partial charge in [0, 0.05) is 16.8 Å². The van der Waals surface area contributed by atoms with Gasteiger partial charge >= 0.3 is 0 Å². The zero-order chi connectivity index (χ0) is 19.1. The molecule has 2 atom stereocenters. The van der Waals surface area contributed by atoms with Crippen molar-refractivity contribution in [2.45, 2.75) is 25.4 Å². The minimum absolute atomic E-state index is 0.0341. The lowest BCUT2D eigenvalue weighted by molar-refractivity contribution is -0.0873. The van der Waals surface area contributed by atoms with Gasteiger partial charge in [0.05, 0.1) is 18.8 Å². The molecule has 1 aromatic carbocycles. The number of Topliss-reactive ketones (excluding diaryl/α,β-unsaturated/α-hetero) is 1. The molecule has 2 aromatic rings. The second-order valence-corrected chi connectivity index (χ2v) is 6.76. The fourth-order valence-electron chi connectivity index (χ4n) is 3.19. The first-order valence-electron chi connectivity index (χ1n) is 8.31. The van der Waals surface area contributed by atoms with Gasteiger partial charge in [0.15, 0.2) is 0 Å². The second kappa shape index (κ2) is 6.90. The predicted molar refractivity (Wildman–Crippen MR) is 95.7 cm³/mol. The molecule has 0 unspecified atom stereocenters. The normalized spacial score (nSPS) is 20.0. The van der Waals surface area contributed by atoms with Gasteiger partial charge in [-0.05, 0) is 18.2 Å². The Morgan fingerprint density at radius 3 is 2.96 bits per heavy atom. The van der Waals surface area contributed by atoms with E-state index in [0.717, 1.165) is 0 Å². The number of benzene rings is 1. The highest BCUT2D eigenvalue weighted by Crippen LogP contribution is 2.28. The van der Waals surface area contributed by atoms with Gasteiger partial charge in [-0.15, -0.1) is 0 Å². The Hall–Kier alpha value is -2.52. The first-order chi connectivity index (χ1) is 13.0. The van der Waals surface area contributed by atoms with Crippen molar-refractivity contribution in [2.75, 3.05) is 11.9 Å². The van der Waals surface area contributed by atoms with Gasteiger partial charge in [0.1, 0.15) is 36.0 Å². The van der Waals surface area contributed by atoms with Crippen molar-refractivity contribution in [3.63, 3.8) is 0 Å². The molecule has 0 saturated heterocycles. The fraction of sp³-hybridized carbons (Fsp3) is 0.278. The van der Waals surface area contributed by atoms with Gasteiger partial charge in [0.2, 0.25) is 11.6 Å². The molecule has 0 fully saturated rings. The number of hydrogen-bond acceptors (Lipinski definition) is 7. The molecule has 0 amide bonds. The number of aliphatic hydroxyl groups is 2. The van der Waals surface area contributed by atoms with Gasteiger partial charge in [-0.2, -0.15) is 0 Å². The van der Waals surface area contributed by atoms with Crippen molar-refractivity contribution in [3.05, 3.63) is 58.3 Å². The standard InChI is InChI=1S/C18H16ClN3O5/c19-9-2-1-3-10(4-9)20-11-5-12(24)17-16(18(11)26)21-15-8-27-14(6-22(15)17)13(25)7-23/h1-5,13-14,20,23,25H,6-8H2/t13-,14+/m1/s1. The lowest BCUT2D eigenvalue weighted by Gasteiger charge is -2.28. The molecular formula is C18H16ClN3O5. The lowest BCUT2D eigenvalue weighted by atomic mass is 10.0. The monoisotopic (exact) mass is 389 g/mol. The fourth-order valence-corrected chi connectivity index (χ4v) is 3.38. The SMILES string of the molecule is O=C1C(Nc2cccc(Cl)c2)=CC(=O)c2c1nc1n2C[C@@H]([C@H](O)CO)OC1. The van der Waals surface area contributed by atoms with Crippen LogP contribution in [-0.2, 0) is 17.9 Å². The van der Waals surface area contributed by atoms with E-state index in [0.29, 0.717) is 16.5 Å². The summed E-state index contributed by atoms with van der Waals surface area (Å²) >= 11 is 5.95. The molecule has 140 valence electrons. The smallest absolute Gasteiger partial charge is 0.230 e. The van der Waals surface area contributed by atoms with E-state index in [4.69, 9.17) is 21.4 Å². The predicted octanol–water partition coefficient (Wildman–Crippen LogP) is 1.16. The summed E-state index contributed by atoms with van der Waals surface area (Å²) in [6, 6.07) is 6.80. The Balaban J connectivity index is 1.65. The van der Waals surface area contributed by atoms with Crippen molar-refractivity contribution in [1.82, 2.24) is 9.55 Å². The van der Waals surface area contributed by atoms with E-state index >= 15 is 0 Å². The molecule has 9 heteroatoms. The van der Waals surface area contributed by atoms with E-state index < -0.39 is 24.6 Å². The Morgan fingerprint density at radius 1 is 1.41 bits per heavy atom. The summed E-state index contributed by atoms with van der Waals surface area (Å²) < 4.78 is 7.06. The van der Waals surface area contributed by atoms with Crippen LogP contribution < -0.4 is 5.32 Å². The van der Waals surface area contributed by atoms with E-state index in [1.165, 1.54) is 6.08 Å². The number of rotatable bonds is 4. The summed E-state index contributed by atoms with van der Waals surface area (Å²) in [5, 5.41) is 22.3. The molecule has 27 heavy (non-hydrogen) atoms. The molecule has 0 bridgehead atoms. The number of anilines is 1. The largest absolute Gasteiger partial charge is 0.394 e. The minimum Gasteiger partial charge on any atom is -0.394 e. The third-order valence-electron chi connectivity index (χ3n) is 4.52. The number of aliphatic hydroxyl groups excluding tert-OH is 2. The third kappa shape index (κ3) is 3.17. The number of imidazole rings is 1. The third-order valence-corrected chi connectivity index (χ3v) is 4.76. The summed E-state index contributed by atoms with van der Waals surface area (Å²) in [5.41, 5.74) is 0.907. The summed E-state index contributed by atoms with van der Waals surface area (Å²) in [5.74, 6) is -0.349. The first-order valence-corrected chi connectivity index (χ1v) is 8.69. The summed E-state index contributed by atoms with van der Waals surface area (Å²) in [4.78, 5) is 29.8. The molecule has 0 saturated carbocycles. The quantitative estimate of drug-likeness (QED) is 0.719. The van der Waals surface area contributed by atoms with Crippen molar-refractivity contribution in [2.24, 2.45) is 0 Å². The molecule has 8 nitrogen and oxygen atoms in total. The number of carbonyl (C=O) groups excluding carboxylic acids is 2. The lowest BCUT2D eigenvalue weighted by Crippen LogP contribution is -2.40. The van der Waals surface area contributed by atoms with Crippen LogP contribution >= 0.6 is 11.6 Å². The van der Waals surface area contributed by atoms with E-state index in [9.17, 15) is 14.7 Å². The van der Waals surface area contributed by atoms with Crippen molar-refractivity contribution in [3.8, 4) is 0 Å². The zero-order valence-electron chi connectivity index (χ0n) is 14.1. The summed E-state index contributed by atoms with van der Waals surface area (Å²) in [6.07, 6.45) is -0.534. The van der Waals surface area contributed by atoms with Gasteiger partial charge in [-0.25, -0.2) is 4.98 Å². The average Bonchev–Trinajstić information content (AvgIpc) is 3.04. The minimum atomic E-state index is -1.08. The molecular weight excluding hydrogens is 374 g/mol. The van der Waals surface area contributed by atoms with E-state index in [2.05, 4.69) is 10.3 Å². The zero-order valence-corrected chi connectivity index (χ0v) is 14.8. The Kier molecular flexibility index (Phi) is 4.56. The summed E-state index contributed by atoms with van der Waals surface area (Å²) in [6.45, 7) is -0.299. The van der Waals surface area contributed by atoms with Crippen LogP contribution in [0.3, 0.4) is 0 Å². The topological polar surface area (TPSA) is 114 Å². The van der Waals surface area contributed by atoms with E-state index in [1.54, 1.807) is 28.8 Å². The van der Waals surface area contributed by atoms with E-state index in [-0.39, 0.29) is 36.0 Å². The molecule has 1 aliphatic heterocycles. The number of ether oxygens (including phenoxy) is 1. The maximum atomic E-state index is 12.8. The highest BCUT2D eigenvalue weighted by Gasteiger charge is 2.36. The number of hydrogen-bond donors (Lipinski definition) is 3. The molecule has 1 aliphatic carbocycles. The number of ketones is 2. The van der Waals surface area contributed by atoms with Crippen LogP contribution in [0.1, 0.15) is 26.8 Å². The van der Waals surface area contributed by atoms with Gasteiger partial charge < -0.3 is 24.8 Å². The van der Waals surface area contributed by atoms with Crippen LogP contribution in [-0.4, -0.2) is 50.1 Å². The van der Waals surface area contributed by atoms with Crippen LogP contribution in [0, 0.1) is 0 Å². The Labute approximate surface area is 159 Å². The van der Waals surface area contributed by atoms with E-state index in [1.807, 2.05) is 0 Å². The van der Waals surface area contributed by atoms with Crippen molar-refractivity contribution in [1.29, 1.82) is 0 Å². The number of nitrogens with zero attached hydrogens (tertiary/aromatic N) is 2. The van der Waals surface area contributed by atoms with Gasteiger partial charge in [-0.3, -0.25) is 9.59 Å². The van der Waals surface area contributed by atoms with Crippen LogP contribution in [0.4, 0.5) is 5.69 Å². The van der Waals surface area contributed by atoms with Gasteiger partial charge in [0.25, 0.3) is 0 Å². The highest BCUT2D eigenvalue weighted by molar-refractivity contribution is 6.31. The number of fused-ring (bicyclic) bond motifs is 3. The number of aromatic nitrogens is 2. The van der Waals surface area contributed by atoms with Crippen LogP contribution in [0.5, 0.6) is 0 Å². The molecule has 2 heterocycles. The highest BCUT2D eigenvalue weighted by atomic mass is 35.5.